The number of nitrogen functional groups attached to an aromatic ring is 1. The van der Waals surface area contributed by atoms with Crippen molar-refractivity contribution in [1.29, 1.82) is 0 Å². The Labute approximate surface area is 205 Å². The van der Waals surface area contributed by atoms with E-state index in [1.54, 1.807) is 4.90 Å². The van der Waals surface area contributed by atoms with E-state index in [9.17, 15) is 14.4 Å². The van der Waals surface area contributed by atoms with Gasteiger partial charge < -0.3 is 15.4 Å². The van der Waals surface area contributed by atoms with Crippen LogP contribution in [0.2, 0.25) is 0 Å². The smallest absolute Gasteiger partial charge is 0.330 e. The summed E-state index contributed by atoms with van der Waals surface area (Å²) in [5.74, 6) is -0.0966. The summed E-state index contributed by atoms with van der Waals surface area (Å²) in [6.07, 6.45) is 5.07. The summed E-state index contributed by atoms with van der Waals surface area (Å²) in [5.41, 5.74) is 6.46. The van der Waals surface area contributed by atoms with Crippen LogP contribution in [-0.2, 0) is 16.1 Å². The first-order valence-corrected chi connectivity index (χ1v) is 12.8. The number of aromatic nitrogens is 2. The number of amides is 1. The maximum absolute atomic E-state index is 13.8. The Hall–Kier alpha value is -2.91. The molecule has 9 nitrogen and oxygen atoms in total. The van der Waals surface area contributed by atoms with E-state index >= 15 is 0 Å². The molecule has 3 N–H and O–H groups in total. The van der Waals surface area contributed by atoms with Crippen LogP contribution in [0.5, 0.6) is 0 Å². The van der Waals surface area contributed by atoms with E-state index in [1.165, 1.54) is 4.57 Å². The number of unbranched alkanes of at least 4 members (excludes halogenated alkanes) is 1. The van der Waals surface area contributed by atoms with Crippen molar-refractivity contribution in [2.24, 2.45) is 0 Å². The quantitative estimate of drug-likeness (QED) is 0.597. The van der Waals surface area contributed by atoms with Crippen LogP contribution in [0.4, 0.5) is 11.5 Å². The number of benzene rings is 1. The molecular formula is C26H37N5O4. The van der Waals surface area contributed by atoms with E-state index in [0.717, 1.165) is 44.1 Å². The highest BCUT2D eigenvalue weighted by atomic mass is 16.5. The molecule has 0 bridgehead atoms. The first kappa shape index (κ1) is 25.2. The van der Waals surface area contributed by atoms with Crippen LogP contribution >= 0.6 is 0 Å². The molecule has 2 aromatic rings. The molecule has 2 fully saturated rings. The van der Waals surface area contributed by atoms with Crippen molar-refractivity contribution in [2.75, 3.05) is 30.3 Å². The lowest BCUT2D eigenvalue weighted by Crippen LogP contribution is -2.52. The summed E-state index contributed by atoms with van der Waals surface area (Å²) >= 11 is 0. The molecule has 1 aliphatic carbocycles. The van der Waals surface area contributed by atoms with Crippen molar-refractivity contribution in [3.05, 3.63) is 56.7 Å². The largest absolute Gasteiger partial charge is 0.383 e. The fraction of sp³-hybridized carbons (Fsp3) is 0.577. The Balaban J connectivity index is 1.62. The van der Waals surface area contributed by atoms with Gasteiger partial charge in [0, 0.05) is 25.7 Å². The Morgan fingerprint density at radius 2 is 1.89 bits per heavy atom. The number of H-pyrrole nitrogens is 1. The van der Waals surface area contributed by atoms with E-state index < -0.39 is 11.2 Å². The molecule has 35 heavy (non-hydrogen) atoms. The van der Waals surface area contributed by atoms with E-state index in [-0.39, 0.29) is 42.2 Å². The van der Waals surface area contributed by atoms with Crippen LogP contribution in [0.25, 0.3) is 0 Å². The first-order valence-electron chi connectivity index (χ1n) is 12.8. The highest BCUT2D eigenvalue weighted by Crippen LogP contribution is 2.30. The molecule has 2 aliphatic rings. The summed E-state index contributed by atoms with van der Waals surface area (Å²) in [7, 11) is 0. The average Bonchev–Trinajstić information content (AvgIpc) is 3.36. The van der Waals surface area contributed by atoms with Crippen molar-refractivity contribution in [3.8, 4) is 0 Å². The molecule has 0 radical (unpaired) electrons. The van der Waals surface area contributed by atoms with Gasteiger partial charge in [0.15, 0.2) is 5.69 Å². The average molecular weight is 484 g/mol. The molecule has 190 valence electrons. The molecule has 1 aromatic carbocycles. The fourth-order valence-corrected chi connectivity index (χ4v) is 5.31. The van der Waals surface area contributed by atoms with Crippen LogP contribution in [0.15, 0.2) is 39.9 Å². The van der Waals surface area contributed by atoms with E-state index in [2.05, 4.69) is 9.88 Å². The van der Waals surface area contributed by atoms with Gasteiger partial charge in [-0.05, 0) is 31.7 Å². The van der Waals surface area contributed by atoms with Gasteiger partial charge in [0.05, 0.1) is 18.8 Å². The number of nitrogens with zero attached hydrogens (tertiary/aromatic N) is 3. The standard InChI is InChI=1S/C26H37N5O4/c1-3-4-14-30-24(27)23(25(33)28-26(30)34)31(20-12-8-9-13-20)22(32)17-29-15-18(2)35-21(16-29)19-10-6-5-7-11-19/h5-7,10-11,18,20-21H,3-4,8-9,12-17,27H2,1-2H3,(H,28,33,34). The zero-order chi connectivity index (χ0) is 24.9. The molecule has 0 spiro atoms. The monoisotopic (exact) mass is 483 g/mol. The molecule has 1 amide bonds. The van der Waals surface area contributed by atoms with E-state index in [0.29, 0.717) is 19.6 Å². The molecule has 2 unspecified atom stereocenters. The number of carbonyl (C=O) groups excluding carboxylic acids is 1. The number of hydrogen-bond acceptors (Lipinski definition) is 6. The second kappa shape index (κ2) is 11.2. The van der Waals surface area contributed by atoms with Gasteiger partial charge in [-0.2, -0.15) is 0 Å². The predicted molar refractivity (Wildman–Crippen MR) is 137 cm³/mol. The number of nitrogens with two attached hydrogens (primary N) is 1. The lowest BCUT2D eigenvalue weighted by molar-refractivity contribution is -0.125. The third-order valence-corrected chi connectivity index (χ3v) is 7.01. The van der Waals surface area contributed by atoms with Gasteiger partial charge in [0.2, 0.25) is 5.91 Å². The minimum Gasteiger partial charge on any atom is -0.383 e. The van der Waals surface area contributed by atoms with Crippen molar-refractivity contribution in [1.82, 2.24) is 14.5 Å². The molecule has 1 saturated heterocycles. The summed E-state index contributed by atoms with van der Waals surface area (Å²) < 4.78 is 7.54. The summed E-state index contributed by atoms with van der Waals surface area (Å²) in [6, 6.07) is 9.90. The molecule has 2 heterocycles. The zero-order valence-electron chi connectivity index (χ0n) is 20.7. The Morgan fingerprint density at radius 1 is 1.17 bits per heavy atom. The third-order valence-electron chi connectivity index (χ3n) is 7.01. The minimum absolute atomic E-state index is 0.0360. The maximum atomic E-state index is 13.8. The molecular weight excluding hydrogens is 446 g/mol. The van der Waals surface area contributed by atoms with Crippen molar-refractivity contribution in [2.45, 2.75) is 77.2 Å². The topological polar surface area (TPSA) is 114 Å². The molecule has 1 aliphatic heterocycles. The summed E-state index contributed by atoms with van der Waals surface area (Å²) in [6.45, 7) is 5.79. The van der Waals surface area contributed by atoms with E-state index in [4.69, 9.17) is 10.5 Å². The molecule has 1 aromatic heterocycles. The van der Waals surface area contributed by atoms with Crippen LogP contribution < -0.4 is 21.9 Å². The highest BCUT2D eigenvalue weighted by Gasteiger charge is 2.35. The Morgan fingerprint density at radius 3 is 2.57 bits per heavy atom. The van der Waals surface area contributed by atoms with Crippen LogP contribution in [-0.4, -0.2) is 52.1 Å². The van der Waals surface area contributed by atoms with Gasteiger partial charge in [-0.1, -0.05) is 56.5 Å². The Bertz CT molecular complexity index is 1120. The zero-order valence-corrected chi connectivity index (χ0v) is 20.7. The number of anilines is 2. The maximum Gasteiger partial charge on any atom is 0.330 e. The normalized spacial score (nSPS) is 21.3. The second-order valence-electron chi connectivity index (χ2n) is 9.74. The SMILES string of the molecule is CCCCn1c(N)c(N(C(=O)CN2CC(C)OC(c3ccccc3)C2)C2CCCC2)c(=O)[nH]c1=O. The Kier molecular flexibility index (Phi) is 8.07. The van der Waals surface area contributed by atoms with Crippen LogP contribution in [0, 0.1) is 0 Å². The first-order chi connectivity index (χ1) is 16.9. The fourth-order valence-electron chi connectivity index (χ4n) is 5.31. The summed E-state index contributed by atoms with van der Waals surface area (Å²) in [4.78, 5) is 45.3. The molecule has 1 saturated carbocycles. The van der Waals surface area contributed by atoms with Crippen LogP contribution in [0.3, 0.4) is 0 Å². The van der Waals surface area contributed by atoms with Gasteiger partial charge in [0.1, 0.15) is 5.82 Å². The van der Waals surface area contributed by atoms with Crippen LogP contribution in [0.1, 0.15) is 64.0 Å². The molecule has 4 rings (SSSR count). The van der Waals surface area contributed by atoms with E-state index in [1.807, 2.05) is 44.2 Å². The molecule has 9 heteroatoms. The highest BCUT2D eigenvalue weighted by molar-refractivity contribution is 5.97. The number of hydrogen-bond donors (Lipinski definition) is 2. The minimum atomic E-state index is -0.599. The molecule has 2 atom stereocenters. The number of nitrogens with one attached hydrogen (secondary N) is 1. The third kappa shape index (κ3) is 5.67. The summed E-state index contributed by atoms with van der Waals surface area (Å²) in [5, 5.41) is 0. The van der Waals surface area contributed by atoms with Gasteiger partial charge in [-0.15, -0.1) is 0 Å². The van der Waals surface area contributed by atoms with Crippen molar-refractivity contribution in [3.63, 3.8) is 0 Å². The lowest BCUT2D eigenvalue weighted by atomic mass is 10.1. The number of rotatable bonds is 8. The number of ether oxygens (including phenoxy) is 1. The van der Waals surface area contributed by atoms with Gasteiger partial charge in [-0.3, -0.25) is 24.0 Å². The second-order valence-corrected chi connectivity index (χ2v) is 9.74. The van der Waals surface area contributed by atoms with Crippen molar-refractivity contribution >= 4 is 17.4 Å². The van der Waals surface area contributed by atoms with Gasteiger partial charge >= 0.3 is 5.69 Å². The van der Waals surface area contributed by atoms with Crippen molar-refractivity contribution < 1.29 is 9.53 Å². The lowest BCUT2D eigenvalue weighted by Gasteiger charge is -2.38. The predicted octanol–water partition coefficient (Wildman–Crippen LogP) is 2.66. The number of morpholine rings is 1. The van der Waals surface area contributed by atoms with Gasteiger partial charge in [-0.25, -0.2) is 4.79 Å². The van der Waals surface area contributed by atoms with Gasteiger partial charge in [0.25, 0.3) is 5.56 Å². The number of aromatic amines is 1. The number of carbonyl (C=O) groups is 1.